The van der Waals surface area contributed by atoms with Crippen LogP contribution in [0.5, 0.6) is 0 Å². The van der Waals surface area contributed by atoms with Gasteiger partial charge in [-0.3, -0.25) is 0 Å². The molecular weight excluding hydrogens is 236 g/mol. The van der Waals surface area contributed by atoms with E-state index in [4.69, 9.17) is 5.11 Å². The molecular formula is C11H18N4O3. The molecule has 1 rings (SSSR count). The van der Waals surface area contributed by atoms with Crippen LogP contribution in [0.25, 0.3) is 0 Å². The number of hydrogen-bond acceptors (Lipinski definition) is 3. The molecule has 7 heteroatoms. The van der Waals surface area contributed by atoms with Gasteiger partial charge in [-0.05, 0) is 13.3 Å². The Morgan fingerprint density at radius 2 is 2.17 bits per heavy atom. The first-order valence-electron chi connectivity index (χ1n) is 5.78. The summed E-state index contributed by atoms with van der Waals surface area (Å²) < 4.78 is 1.83. The number of nitrogens with zero attached hydrogens (tertiary/aromatic N) is 2. The van der Waals surface area contributed by atoms with Crippen LogP contribution in [-0.4, -0.2) is 38.7 Å². The van der Waals surface area contributed by atoms with Crippen LogP contribution in [0.15, 0.2) is 18.7 Å². The van der Waals surface area contributed by atoms with Crippen molar-refractivity contribution in [1.82, 2.24) is 20.2 Å². The summed E-state index contributed by atoms with van der Waals surface area (Å²) in [5.41, 5.74) is 0. The van der Waals surface area contributed by atoms with Crippen molar-refractivity contribution in [3.8, 4) is 0 Å². The molecule has 0 saturated carbocycles. The van der Waals surface area contributed by atoms with Crippen LogP contribution in [0.2, 0.25) is 0 Å². The summed E-state index contributed by atoms with van der Waals surface area (Å²) in [7, 11) is 0. The summed E-state index contributed by atoms with van der Waals surface area (Å²) in [6.45, 7) is 4.12. The zero-order valence-corrected chi connectivity index (χ0v) is 10.5. The van der Waals surface area contributed by atoms with E-state index in [1.165, 1.54) is 0 Å². The van der Waals surface area contributed by atoms with Gasteiger partial charge in [-0.25, -0.2) is 14.6 Å². The summed E-state index contributed by atoms with van der Waals surface area (Å²) in [5, 5.41) is 13.9. The van der Waals surface area contributed by atoms with Gasteiger partial charge in [0.2, 0.25) is 0 Å². The third-order valence-electron chi connectivity index (χ3n) is 2.43. The molecule has 2 atom stereocenters. The smallest absolute Gasteiger partial charge is 0.326 e. The van der Waals surface area contributed by atoms with Gasteiger partial charge in [0.25, 0.3) is 0 Å². The lowest BCUT2D eigenvalue weighted by molar-refractivity contribution is -0.139. The van der Waals surface area contributed by atoms with Gasteiger partial charge in [0.15, 0.2) is 0 Å². The number of carbonyl (C=O) groups excluding carboxylic acids is 1. The normalized spacial score (nSPS) is 13.7. The summed E-state index contributed by atoms with van der Waals surface area (Å²) in [5.74, 6) is -1.03. The Morgan fingerprint density at radius 1 is 1.44 bits per heavy atom. The number of carbonyl (C=O) groups is 2. The molecule has 0 fully saturated rings. The second kappa shape index (κ2) is 6.63. The maximum atomic E-state index is 11.5. The molecule has 0 radical (unpaired) electrons. The minimum atomic E-state index is -1.03. The lowest BCUT2D eigenvalue weighted by Crippen LogP contribution is -2.48. The van der Waals surface area contributed by atoms with Crippen LogP contribution in [0.3, 0.4) is 0 Å². The van der Waals surface area contributed by atoms with Crippen molar-refractivity contribution in [1.29, 1.82) is 0 Å². The zero-order chi connectivity index (χ0) is 13.5. The number of urea groups is 1. The third kappa shape index (κ3) is 4.44. The second-order valence-corrected chi connectivity index (χ2v) is 4.08. The largest absolute Gasteiger partial charge is 0.480 e. The number of nitrogens with one attached hydrogen (secondary N) is 2. The van der Waals surface area contributed by atoms with E-state index in [1.807, 2.05) is 11.5 Å². The number of amides is 2. The fourth-order valence-corrected chi connectivity index (χ4v) is 1.52. The van der Waals surface area contributed by atoms with Crippen LogP contribution in [0.1, 0.15) is 20.3 Å². The first-order valence-corrected chi connectivity index (χ1v) is 5.78. The molecule has 0 aliphatic heterocycles. The average Bonchev–Trinajstić information content (AvgIpc) is 2.77. The number of carboxylic acids is 1. The maximum Gasteiger partial charge on any atom is 0.326 e. The van der Waals surface area contributed by atoms with Crippen LogP contribution in [0.4, 0.5) is 4.79 Å². The Kier molecular flexibility index (Phi) is 5.16. The van der Waals surface area contributed by atoms with E-state index in [0.717, 1.165) is 0 Å². The summed E-state index contributed by atoms with van der Waals surface area (Å²) >= 11 is 0. The molecule has 2 amide bonds. The van der Waals surface area contributed by atoms with Crippen molar-refractivity contribution in [3.05, 3.63) is 18.7 Å². The molecule has 18 heavy (non-hydrogen) atoms. The first-order chi connectivity index (χ1) is 8.52. The van der Waals surface area contributed by atoms with Gasteiger partial charge in [-0.2, -0.15) is 0 Å². The lowest BCUT2D eigenvalue weighted by atomic mass is 10.2. The van der Waals surface area contributed by atoms with Crippen molar-refractivity contribution in [2.75, 3.05) is 0 Å². The molecule has 0 bridgehead atoms. The van der Waals surface area contributed by atoms with Gasteiger partial charge in [0.05, 0.1) is 6.33 Å². The van der Waals surface area contributed by atoms with E-state index < -0.39 is 18.0 Å². The number of aromatic nitrogens is 2. The van der Waals surface area contributed by atoms with E-state index >= 15 is 0 Å². The number of carboxylic acid groups (broad SMARTS) is 1. The number of hydrogen-bond donors (Lipinski definition) is 3. The number of aliphatic carboxylic acids is 1. The highest BCUT2D eigenvalue weighted by Gasteiger charge is 2.18. The topological polar surface area (TPSA) is 96.3 Å². The Labute approximate surface area is 105 Å². The van der Waals surface area contributed by atoms with Crippen molar-refractivity contribution in [2.24, 2.45) is 0 Å². The zero-order valence-electron chi connectivity index (χ0n) is 10.5. The predicted molar refractivity (Wildman–Crippen MR) is 65.1 cm³/mol. The third-order valence-corrected chi connectivity index (χ3v) is 2.43. The maximum absolute atomic E-state index is 11.5. The molecule has 1 aromatic rings. The monoisotopic (exact) mass is 254 g/mol. The highest BCUT2D eigenvalue weighted by Crippen LogP contribution is 1.94. The van der Waals surface area contributed by atoms with Gasteiger partial charge >= 0.3 is 12.0 Å². The molecule has 7 nitrogen and oxygen atoms in total. The molecule has 100 valence electrons. The average molecular weight is 254 g/mol. The number of imidazole rings is 1. The Morgan fingerprint density at radius 3 is 2.67 bits per heavy atom. The van der Waals surface area contributed by atoms with Gasteiger partial charge in [-0.1, -0.05) is 6.92 Å². The summed E-state index contributed by atoms with van der Waals surface area (Å²) in [6, 6.07) is -1.45. The molecule has 1 heterocycles. The minimum Gasteiger partial charge on any atom is -0.480 e. The molecule has 0 aromatic carbocycles. The van der Waals surface area contributed by atoms with Gasteiger partial charge in [-0.15, -0.1) is 0 Å². The van der Waals surface area contributed by atoms with Crippen molar-refractivity contribution >= 4 is 12.0 Å². The second-order valence-electron chi connectivity index (χ2n) is 4.08. The fraction of sp³-hybridized carbons (Fsp3) is 0.545. The predicted octanol–water partition coefficient (Wildman–Crippen LogP) is 0.434. The molecule has 0 saturated heterocycles. The van der Waals surface area contributed by atoms with Crippen LogP contribution in [0, 0.1) is 0 Å². The molecule has 3 N–H and O–H groups in total. The van der Waals surface area contributed by atoms with Crippen molar-refractivity contribution in [2.45, 2.75) is 38.9 Å². The van der Waals surface area contributed by atoms with Crippen LogP contribution >= 0.6 is 0 Å². The lowest BCUT2D eigenvalue weighted by Gasteiger charge is -2.17. The van der Waals surface area contributed by atoms with Gasteiger partial charge < -0.3 is 20.3 Å². The molecule has 0 spiro atoms. The summed E-state index contributed by atoms with van der Waals surface area (Å²) in [4.78, 5) is 26.2. The Balaban J connectivity index is 2.37. The quantitative estimate of drug-likeness (QED) is 0.686. The standard InChI is InChI=1S/C11H18N4O3/c1-3-9(10(16)17)14-11(18)13-8(2)6-15-5-4-12-7-15/h4-5,7-9H,3,6H2,1-2H3,(H,16,17)(H2,13,14,18)/t8?,9-/m1/s1. The SMILES string of the molecule is CC[C@@H](NC(=O)NC(C)Cn1ccnc1)C(=O)O. The highest BCUT2D eigenvalue weighted by molar-refractivity contribution is 5.82. The first kappa shape index (κ1) is 14.0. The van der Waals surface area contributed by atoms with E-state index in [2.05, 4.69) is 15.6 Å². The molecule has 1 unspecified atom stereocenters. The summed E-state index contributed by atoms with van der Waals surface area (Å²) in [6.07, 6.45) is 5.45. The number of rotatable bonds is 6. The van der Waals surface area contributed by atoms with E-state index in [-0.39, 0.29) is 6.04 Å². The van der Waals surface area contributed by atoms with Crippen LogP contribution in [-0.2, 0) is 11.3 Å². The van der Waals surface area contributed by atoms with E-state index in [1.54, 1.807) is 25.6 Å². The highest BCUT2D eigenvalue weighted by atomic mass is 16.4. The van der Waals surface area contributed by atoms with Gasteiger partial charge in [0, 0.05) is 25.0 Å². The molecule has 0 aliphatic rings. The fourth-order valence-electron chi connectivity index (χ4n) is 1.52. The van der Waals surface area contributed by atoms with E-state index in [0.29, 0.717) is 13.0 Å². The van der Waals surface area contributed by atoms with Crippen LogP contribution < -0.4 is 10.6 Å². The minimum absolute atomic E-state index is 0.120. The van der Waals surface area contributed by atoms with Crippen molar-refractivity contribution in [3.63, 3.8) is 0 Å². The van der Waals surface area contributed by atoms with Crippen molar-refractivity contribution < 1.29 is 14.7 Å². The molecule has 0 aliphatic carbocycles. The Bertz CT molecular complexity index is 391. The Hall–Kier alpha value is -2.05. The van der Waals surface area contributed by atoms with E-state index in [9.17, 15) is 9.59 Å². The molecule has 1 aromatic heterocycles. The van der Waals surface area contributed by atoms with Gasteiger partial charge in [0.1, 0.15) is 6.04 Å².